The average molecular weight is 269 g/mol. The van der Waals surface area contributed by atoms with E-state index in [2.05, 4.69) is 15.3 Å². The summed E-state index contributed by atoms with van der Waals surface area (Å²) in [4.78, 5) is 19.5. The predicted molar refractivity (Wildman–Crippen MR) is 70.8 cm³/mol. The number of aromatic nitrogens is 1. The van der Waals surface area contributed by atoms with Crippen molar-refractivity contribution >= 4 is 17.3 Å². The number of hydrogen-bond acceptors (Lipinski definition) is 5. The highest BCUT2D eigenvalue weighted by molar-refractivity contribution is 7.09. The van der Waals surface area contributed by atoms with Gasteiger partial charge in [-0.25, -0.2) is 4.98 Å². The lowest BCUT2D eigenvalue weighted by atomic mass is 10.4. The van der Waals surface area contributed by atoms with Gasteiger partial charge in [-0.05, 0) is 19.9 Å². The Hall–Kier alpha value is -0.980. The van der Waals surface area contributed by atoms with Crippen molar-refractivity contribution in [1.82, 2.24) is 14.8 Å². The molecule has 0 spiro atoms. The molecule has 100 valence electrons. The van der Waals surface area contributed by atoms with Crippen LogP contribution in [0, 0.1) is 6.92 Å². The summed E-state index contributed by atoms with van der Waals surface area (Å²) in [5, 5.41) is 12.0. The van der Waals surface area contributed by atoms with Crippen molar-refractivity contribution in [2.75, 3.05) is 32.7 Å². The smallest absolute Gasteiger partial charge is 0.317 e. The van der Waals surface area contributed by atoms with Crippen molar-refractivity contribution in [2.24, 2.45) is 0 Å². The third-order valence-corrected chi connectivity index (χ3v) is 4.02. The van der Waals surface area contributed by atoms with Crippen LogP contribution >= 0.6 is 11.3 Å². The predicted octanol–water partition coefficient (Wildman–Crippen LogP) is 1.04. The van der Waals surface area contributed by atoms with Crippen LogP contribution in [-0.2, 0) is 11.3 Å². The van der Waals surface area contributed by atoms with E-state index in [-0.39, 0.29) is 6.54 Å². The normalized spacial score (nSPS) is 18.7. The van der Waals surface area contributed by atoms with Gasteiger partial charge in [0.05, 0.1) is 13.1 Å². The maximum atomic E-state index is 10.7. The van der Waals surface area contributed by atoms with Gasteiger partial charge in [0, 0.05) is 30.7 Å². The number of hydrogen-bond donors (Lipinski definition) is 1. The van der Waals surface area contributed by atoms with Gasteiger partial charge in [-0.15, -0.1) is 11.3 Å². The Balaban J connectivity index is 1.83. The van der Waals surface area contributed by atoms with Crippen molar-refractivity contribution in [3.8, 4) is 0 Å². The van der Waals surface area contributed by atoms with Gasteiger partial charge in [0.1, 0.15) is 5.01 Å². The molecule has 1 aliphatic heterocycles. The SMILES string of the molecule is Cc1csc(CN2CCCN(CC(=O)O)CC2)n1. The minimum absolute atomic E-state index is 0.157. The molecule has 0 unspecified atom stereocenters. The molecule has 1 saturated heterocycles. The van der Waals surface area contributed by atoms with E-state index >= 15 is 0 Å². The Labute approximate surface area is 111 Å². The van der Waals surface area contributed by atoms with Crippen LogP contribution < -0.4 is 0 Å². The molecule has 1 aliphatic rings. The van der Waals surface area contributed by atoms with Gasteiger partial charge in [-0.2, -0.15) is 0 Å². The molecular formula is C12H19N3O2S. The Bertz CT molecular complexity index is 408. The molecule has 1 aromatic rings. The summed E-state index contributed by atoms with van der Waals surface area (Å²) in [6.07, 6.45) is 1.03. The van der Waals surface area contributed by atoms with Gasteiger partial charge in [0.25, 0.3) is 0 Å². The number of aryl methyl sites for hydroxylation is 1. The first-order valence-electron chi connectivity index (χ1n) is 6.21. The zero-order valence-corrected chi connectivity index (χ0v) is 11.4. The van der Waals surface area contributed by atoms with E-state index in [9.17, 15) is 4.79 Å². The minimum Gasteiger partial charge on any atom is -0.480 e. The summed E-state index contributed by atoms with van der Waals surface area (Å²) in [6, 6.07) is 0. The number of aliphatic carboxylic acids is 1. The third kappa shape index (κ3) is 4.04. The highest BCUT2D eigenvalue weighted by Gasteiger charge is 2.17. The van der Waals surface area contributed by atoms with E-state index in [1.807, 2.05) is 11.8 Å². The van der Waals surface area contributed by atoms with Crippen molar-refractivity contribution in [3.05, 3.63) is 16.1 Å². The fourth-order valence-corrected chi connectivity index (χ4v) is 3.01. The average Bonchev–Trinajstić information content (AvgIpc) is 2.57. The van der Waals surface area contributed by atoms with Crippen molar-refractivity contribution in [2.45, 2.75) is 19.9 Å². The van der Waals surface area contributed by atoms with E-state index in [1.165, 1.54) is 0 Å². The van der Waals surface area contributed by atoms with Crippen LogP contribution in [0.5, 0.6) is 0 Å². The van der Waals surface area contributed by atoms with Crippen LogP contribution in [0.25, 0.3) is 0 Å². The summed E-state index contributed by atoms with van der Waals surface area (Å²) in [5.74, 6) is -0.737. The lowest BCUT2D eigenvalue weighted by Gasteiger charge is -2.19. The summed E-state index contributed by atoms with van der Waals surface area (Å²) < 4.78 is 0. The summed E-state index contributed by atoms with van der Waals surface area (Å²) in [6.45, 7) is 6.71. The largest absolute Gasteiger partial charge is 0.480 e. The molecule has 2 heterocycles. The molecule has 1 N–H and O–H groups in total. The van der Waals surface area contributed by atoms with Crippen LogP contribution in [0.3, 0.4) is 0 Å². The Morgan fingerprint density at radius 2 is 2.11 bits per heavy atom. The van der Waals surface area contributed by atoms with Gasteiger partial charge in [-0.3, -0.25) is 14.6 Å². The Morgan fingerprint density at radius 1 is 1.39 bits per heavy atom. The molecule has 0 atom stereocenters. The molecule has 5 nitrogen and oxygen atoms in total. The molecule has 0 saturated carbocycles. The maximum absolute atomic E-state index is 10.7. The second kappa shape index (κ2) is 6.26. The van der Waals surface area contributed by atoms with E-state index < -0.39 is 5.97 Å². The number of carboxylic acids is 1. The van der Waals surface area contributed by atoms with Gasteiger partial charge in [0.2, 0.25) is 0 Å². The molecule has 1 aromatic heterocycles. The quantitative estimate of drug-likeness (QED) is 0.885. The molecule has 0 amide bonds. The second-order valence-corrected chi connectivity index (χ2v) is 5.62. The summed E-state index contributed by atoms with van der Waals surface area (Å²) >= 11 is 1.70. The zero-order chi connectivity index (χ0) is 13.0. The number of rotatable bonds is 4. The number of nitrogens with zero attached hydrogens (tertiary/aromatic N) is 3. The number of thiazole rings is 1. The first-order valence-corrected chi connectivity index (χ1v) is 7.09. The van der Waals surface area contributed by atoms with Crippen LogP contribution in [0.1, 0.15) is 17.1 Å². The standard InChI is InChI=1S/C12H19N3O2S/c1-10-9-18-11(13-10)7-14-3-2-4-15(6-5-14)8-12(16)17/h9H,2-8H2,1H3,(H,16,17). The van der Waals surface area contributed by atoms with E-state index in [1.54, 1.807) is 11.3 Å². The molecule has 0 radical (unpaired) electrons. The minimum atomic E-state index is -0.737. The van der Waals surface area contributed by atoms with Gasteiger partial charge >= 0.3 is 5.97 Å². The zero-order valence-electron chi connectivity index (χ0n) is 10.6. The molecule has 0 bridgehead atoms. The molecule has 0 aromatic carbocycles. The molecular weight excluding hydrogens is 250 g/mol. The lowest BCUT2D eigenvalue weighted by Crippen LogP contribution is -2.34. The number of carboxylic acid groups (broad SMARTS) is 1. The monoisotopic (exact) mass is 269 g/mol. The van der Waals surface area contributed by atoms with Crippen LogP contribution in [-0.4, -0.2) is 58.6 Å². The van der Waals surface area contributed by atoms with E-state index in [0.717, 1.165) is 49.8 Å². The molecule has 6 heteroatoms. The van der Waals surface area contributed by atoms with Crippen molar-refractivity contribution in [1.29, 1.82) is 0 Å². The van der Waals surface area contributed by atoms with E-state index in [4.69, 9.17) is 5.11 Å². The lowest BCUT2D eigenvalue weighted by molar-refractivity contribution is -0.138. The molecule has 18 heavy (non-hydrogen) atoms. The fourth-order valence-electron chi connectivity index (χ4n) is 2.20. The van der Waals surface area contributed by atoms with Crippen molar-refractivity contribution < 1.29 is 9.90 Å². The van der Waals surface area contributed by atoms with Gasteiger partial charge in [-0.1, -0.05) is 0 Å². The number of carbonyl (C=O) groups is 1. The van der Waals surface area contributed by atoms with E-state index in [0.29, 0.717) is 0 Å². The molecule has 1 fully saturated rings. The summed E-state index contributed by atoms with van der Waals surface area (Å²) in [5.41, 5.74) is 1.08. The van der Waals surface area contributed by atoms with Crippen molar-refractivity contribution in [3.63, 3.8) is 0 Å². The second-order valence-electron chi connectivity index (χ2n) is 4.68. The van der Waals surface area contributed by atoms with Crippen LogP contribution in [0.4, 0.5) is 0 Å². The Kier molecular flexibility index (Phi) is 4.68. The van der Waals surface area contributed by atoms with Crippen LogP contribution in [0.15, 0.2) is 5.38 Å². The van der Waals surface area contributed by atoms with Crippen LogP contribution in [0.2, 0.25) is 0 Å². The summed E-state index contributed by atoms with van der Waals surface area (Å²) in [7, 11) is 0. The Morgan fingerprint density at radius 3 is 2.78 bits per heavy atom. The first-order chi connectivity index (χ1) is 8.63. The van der Waals surface area contributed by atoms with Gasteiger partial charge < -0.3 is 5.11 Å². The van der Waals surface area contributed by atoms with Gasteiger partial charge in [0.15, 0.2) is 0 Å². The fraction of sp³-hybridized carbons (Fsp3) is 0.667. The molecule has 0 aliphatic carbocycles. The highest BCUT2D eigenvalue weighted by Crippen LogP contribution is 2.13. The first kappa shape index (κ1) is 13.5. The third-order valence-electron chi connectivity index (χ3n) is 3.07. The molecule has 2 rings (SSSR count). The highest BCUT2D eigenvalue weighted by atomic mass is 32.1. The topological polar surface area (TPSA) is 56.7 Å². The maximum Gasteiger partial charge on any atom is 0.317 e.